The molecule has 2 aromatic rings. The van der Waals surface area contributed by atoms with Gasteiger partial charge in [0, 0.05) is 43.7 Å². The average Bonchev–Trinajstić information content (AvgIpc) is 2.80. The Balaban J connectivity index is 2.33. The Morgan fingerprint density at radius 2 is 2.20 bits per heavy atom. The molecule has 0 fully saturated rings. The Labute approximate surface area is 119 Å². The van der Waals surface area contributed by atoms with Crippen LogP contribution in [0.25, 0.3) is 0 Å². The quantitative estimate of drug-likeness (QED) is 0.904. The molecule has 2 rings (SSSR count). The van der Waals surface area contributed by atoms with Crippen molar-refractivity contribution in [1.29, 1.82) is 0 Å². The topological polar surface area (TPSA) is 56.3 Å². The zero-order valence-electron chi connectivity index (χ0n) is 12.5. The molecule has 0 saturated heterocycles. The molecule has 0 aliphatic heterocycles. The molecule has 0 aliphatic carbocycles. The normalized spacial score (nSPS) is 12.2. The summed E-state index contributed by atoms with van der Waals surface area (Å²) in [7, 11) is 5.65. The lowest BCUT2D eigenvalue weighted by atomic mass is 10.1. The molecule has 20 heavy (non-hydrogen) atoms. The fraction of sp³-hybridized carbons (Fsp3) is 0.400. The summed E-state index contributed by atoms with van der Waals surface area (Å²) in [6.45, 7) is 2.59. The minimum atomic E-state index is 0.0933. The van der Waals surface area contributed by atoms with Gasteiger partial charge in [-0.15, -0.1) is 0 Å². The number of anilines is 1. The van der Waals surface area contributed by atoms with Crippen LogP contribution in [0.2, 0.25) is 0 Å². The summed E-state index contributed by atoms with van der Waals surface area (Å²) in [6.07, 6.45) is 1.89. The van der Waals surface area contributed by atoms with Gasteiger partial charge in [0.05, 0.1) is 19.3 Å². The summed E-state index contributed by atoms with van der Waals surface area (Å²) in [5.41, 5.74) is 9.34. The fourth-order valence-corrected chi connectivity index (χ4v) is 2.35. The van der Waals surface area contributed by atoms with Crippen molar-refractivity contribution in [1.82, 2.24) is 9.78 Å². The summed E-state index contributed by atoms with van der Waals surface area (Å²) in [5.74, 6) is 0.841. The van der Waals surface area contributed by atoms with Gasteiger partial charge in [-0.2, -0.15) is 5.10 Å². The number of likely N-dealkylation sites (N-methyl/N-ethyl adjacent to an activating group) is 1. The van der Waals surface area contributed by atoms with Crippen LogP contribution in [-0.2, 0) is 7.05 Å². The number of rotatable bonds is 5. The molecule has 0 spiro atoms. The largest absolute Gasteiger partial charge is 0.497 e. The lowest BCUT2D eigenvalue weighted by molar-refractivity contribution is 0.414. The second-order valence-corrected chi connectivity index (χ2v) is 4.87. The van der Waals surface area contributed by atoms with Gasteiger partial charge >= 0.3 is 0 Å². The average molecular weight is 274 g/mol. The fourth-order valence-electron chi connectivity index (χ4n) is 2.35. The highest BCUT2D eigenvalue weighted by Gasteiger charge is 2.20. The molecule has 0 saturated carbocycles. The molecule has 0 aliphatic rings. The lowest BCUT2D eigenvalue weighted by Gasteiger charge is -2.29. The summed E-state index contributed by atoms with van der Waals surface area (Å²) < 4.78 is 7.15. The summed E-state index contributed by atoms with van der Waals surface area (Å²) in [4.78, 5) is 2.16. The van der Waals surface area contributed by atoms with Crippen molar-refractivity contribution in [2.75, 3.05) is 25.6 Å². The molecule has 0 bridgehead atoms. The van der Waals surface area contributed by atoms with Crippen molar-refractivity contribution >= 4 is 5.69 Å². The van der Waals surface area contributed by atoms with Crippen LogP contribution in [0.5, 0.6) is 5.75 Å². The third-order valence-electron chi connectivity index (χ3n) is 3.78. The van der Waals surface area contributed by atoms with E-state index in [0.29, 0.717) is 6.54 Å². The standard InChI is InChI=1S/C15H22N4O/c1-11-14(10-17-19(11)3)15(9-16)18(2)12-6-5-7-13(8-12)20-4/h5-8,10,15H,9,16H2,1-4H3. The van der Waals surface area contributed by atoms with Gasteiger partial charge in [0.1, 0.15) is 5.75 Å². The van der Waals surface area contributed by atoms with Crippen molar-refractivity contribution in [3.05, 3.63) is 41.7 Å². The maximum absolute atomic E-state index is 5.98. The maximum atomic E-state index is 5.98. The minimum absolute atomic E-state index is 0.0933. The second-order valence-electron chi connectivity index (χ2n) is 4.87. The minimum Gasteiger partial charge on any atom is -0.497 e. The van der Waals surface area contributed by atoms with Gasteiger partial charge in [-0.05, 0) is 19.1 Å². The molecule has 1 unspecified atom stereocenters. The van der Waals surface area contributed by atoms with Gasteiger partial charge in [0.15, 0.2) is 0 Å². The number of nitrogens with zero attached hydrogens (tertiary/aromatic N) is 3. The van der Waals surface area contributed by atoms with E-state index in [9.17, 15) is 0 Å². The van der Waals surface area contributed by atoms with E-state index in [-0.39, 0.29) is 6.04 Å². The second kappa shape index (κ2) is 5.96. The molecule has 1 heterocycles. The molecule has 0 amide bonds. The zero-order chi connectivity index (χ0) is 14.7. The van der Waals surface area contributed by atoms with Crippen LogP contribution in [0.4, 0.5) is 5.69 Å². The monoisotopic (exact) mass is 274 g/mol. The van der Waals surface area contributed by atoms with Crippen molar-refractivity contribution in [3.8, 4) is 5.75 Å². The van der Waals surface area contributed by atoms with E-state index in [1.54, 1.807) is 7.11 Å². The number of benzene rings is 1. The number of methoxy groups -OCH3 is 1. The van der Waals surface area contributed by atoms with Crippen LogP contribution in [0.15, 0.2) is 30.5 Å². The van der Waals surface area contributed by atoms with Crippen LogP contribution in [0.1, 0.15) is 17.3 Å². The SMILES string of the molecule is COc1cccc(N(C)C(CN)c2cnn(C)c2C)c1. The Morgan fingerprint density at radius 3 is 2.75 bits per heavy atom. The lowest BCUT2D eigenvalue weighted by Crippen LogP contribution is -2.30. The maximum Gasteiger partial charge on any atom is 0.120 e. The molecule has 2 N–H and O–H groups in total. The predicted octanol–water partition coefficient (Wildman–Crippen LogP) is 1.87. The first-order chi connectivity index (χ1) is 9.58. The summed E-state index contributed by atoms with van der Waals surface area (Å²) in [5, 5.41) is 4.30. The predicted molar refractivity (Wildman–Crippen MR) is 81.1 cm³/mol. The Morgan fingerprint density at radius 1 is 1.45 bits per heavy atom. The van der Waals surface area contributed by atoms with Gasteiger partial charge < -0.3 is 15.4 Å². The molecule has 5 heteroatoms. The molecule has 5 nitrogen and oxygen atoms in total. The molecule has 1 aromatic carbocycles. The molecular weight excluding hydrogens is 252 g/mol. The van der Waals surface area contributed by atoms with Crippen molar-refractivity contribution in [2.24, 2.45) is 12.8 Å². The highest BCUT2D eigenvalue weighted by Crippen LogP contribution is 2.28. The Kier molecular flexibility index (Phi) is 4.29. The highest BCUT2D eigenvalue weighted by molar-refractivity contribution is 5.52. The molecule has 108 valence electrons. The number of hydrogen-bond donors (Lipinski definition) is 1. The number of nitrogens with two attached hydrogens (primary N) is 1. The number of ether oxygens (including phenoxy) is 1. The molecule has 1 atom stereocenters. The van der Waals surface area contributed by atoms with Crippen molar-refractivity contribution in [2.45, 2.75) is 13.0 Å². The van der Waals surface area contributed by atoms with Gasteiger partial charge in [-0.3, -0.25) is 4.68 Å². The van der Waals surface area contributed by atoms with Gasteiger partial charge in [-0.1, -0.05) is 6.07 Å². The third kappa shape index (κ3) is 2.63. The van der Waals surface area contributed by atoms with Crippen LogP contribution in [0, 0.1) is 6.92 Å². The Bertz CT molecular complexity index is 579. The van der Waals surface area contributed by atoms with Crippen molar-refractivity contribution < 1.29 is 4.74 Å². The zero-order valence-corrected chi connectivity index (χ0v) is 12.5. The summed E-state index contributed by atoms with van der Waals surface area (Å²) in [6, 6.07) is 8.07. The smallest absolute Gasteiger partial charge is 0.120 e. The first-order valence-corrected chi connectivity index (χ1v) is 6.64. The van der Waals surface area contributed by atoms with Crippen LogP contribution < -0.4 is 15.4 Å². The number of aryl methyl sites for hydroxylation is 1. The van der Waals surface area contributed by atoms with Crippen LogP contribution >= 0.6 is 0 Å². The van der Waals surface area contributed by atoms with Gasteiger partial charge in [0.25, 0.3) is 0 Å². The number of hydrogen-bond acceptors (Lipinski definition) is 4. The van der Waals surface area contributed by atoms with E-state index in [1.165, 1.54) is 0 Å². The third-order valence-corrected chi connectivity index (χ3v) is 3.78. The van der Waals surface area contributed by atoms with Crippen molar-refractivity contribution in [3.63, 3.8) is 0 Å². The van der Waals surface area contributed by atoms with E-state index in [4.69, 9.17) is 10.5 Å². The highest BCUT2D eigenvalue weighted by atomic mass is 16.5. The van der Waals surface area contributed by atoms with E-state index in [1.807, 2.05) is 43.2 Å². The Hall–Kier alpha value is -2.01. The van der Waals surface area contributed by atoms with Crippen LogP contribution in [-0.4, -0.2) is 30.5 Å². The van der Waals surface area contributed by atoms with Gasteiger partial charge in [-0.25, -0.2) is 0 Å². The molecular formula is C15H22N4O. The van der Waals surface area contributed by atoms with Gasteiger partial charge in [0.2, 0.25) is 0 Å². The van der Waals surface area contributed by atoms with E-state index in [2.05, 4.69) is 23.0 Å². The van der Waals surface area contributed by atoms with E-state index >= 15 is 0 Å². The number of aromatic nitrogens is 2. The van der Waals surface area contributed by atoms with E-state index < -0.39 is 0 Å². The first-order valence-electron chi connectivity index (χ1n) is 6.64. The van der Waals surface area contributed by atoms with E-state index in [0.717, 1.165) is 22.7 Å². The summed E-state index contributed by atoms with van der Waals surface area (Å²) >= 11 is 0. The first kappa shape index (κ1) is 14.4. The molecule has 0 radical (unpaired) electrons. The van der Waals surface area contributed by atoms with Crippen LogP contribution in [0.3, 0.4) is 0 Å². The molecule has 1 aromatic heterocycles.